The summed E-state index contributed by atoms with van der Waals surface area (Å²) in [7, 11) is 0. The lowest BCUT2D eigenvalue weighted by atomic mass is 10.2. The number of nitrogens with one attached hydrogen (secondary N) is 1. The summed E-state index contributed by atoms with van der Waals surface area (Å²) in [5.74, 6) is 0.513. The second kappa shape index (κ2) is 16.8. The Morgan fingerprint density at radius 3 is 1.67 bits per heavy atom. The molecule has 0 unspecified atom stereocenters. The van der Waals surface area contributed by atoms with Crippen molar-refractivity contribution in [2.24, 2.45) is 11.8 Å². The quantitative estimate of drug-likeness (QED) is 0.183. The SMILES string of the molecule is CC(C)COC(=O)Cl.CC(C)COC(=O)Nc1ccc(Br)c(C(F)(F)F)c1.Nc1ccc(Br)c(C(F)(F)F)c1. The van der Waals surface area contributed by atoms with Gasteiger partial charge in [-0.2, -0.15) is 26.3 Å². The normalized spacial score (nSPS) is 11.2. The van der Waals surface area contributed by atoms with Gasteiger partial charge in [-0.15, -0.1) is 0 Å². The Balaban J connectivity index is 0.000000616. The van der Waals surface area contributed by atoms with E-state index in [0.29, 0.717) is 12.5 Å². The van der Waals surface area contributed by atoms with Gasteiger partial charge in [-0.25, -0.2) is 9.59 Å². The number of rotatable bonds is 5. The molecule has 220 valence electrons. The number of carbonyl (C=O) groups is 2. The second-order valence-corrected chi connectivity index (χ2v) is 10.5. The van der Waals surface area contributed by atoms with Crippen molar-refractivity contribution in [1.29, 1.82) is 0 Å². The fraction of sp³-hybridized carbons (Fsp3) is 0.417. The molecule has 0 saturated heterocycles. The van der Waals surface area contributed by atoms with Crippen molar-refractivity contribution in [2.75, 3.05) is 24.3 Å². The van der Waals surface area contributed by atoms with E-state index in [2.05, 4.69) is 41.9 Å². The fourth-order valence-electron chi connectivity index (χ4n) is 2.21. The Labute approximate surface area is 243 Å². The molecule has 0 radical (unpaired) electrons. The molecule has 1 amide bonds. The number of benzene rings is 2. The minimum absolute atomic E-state index is 0.00389. The Bertz CT molecular complexity index is 1080. The van der Waals surface area contributed by atoms with E-state index in [-0.39, 0.29) is 32.8 Å². The number of alkyl halides is 6. The first kappa shape index (κ1) is 36.8. The molecule has 15 heteroatoms. The molecule has 0 aliphatic carbocycles. The first-order valence-electron chi connectivity index (χ1n) is 11.0. The molecular formula is C24H27Br2ClF6N2O4. The molecule has 0 aliphatic rings. The third-order valence-electron chi connectivity index (χ3n) is 3.89. The predicted molar refractivity (Wildman–Crippen MR) is 145 cm³/mol. The van der Waals surface area contributed by atoms with E-state index in [1.807, 2.05) is 27.7 Å². The zero-order chi connectivity index (χ0) is 30.6. The van der Waals surface area contributed by atoms with E-state index >= 15 is 0 Å². The van der Waals surface area contributed by atoms with Crippen LogP contribution in [-0.4, -0.2) is 24.7 Å². The smallest absolute Gasteiger partial charge is 0.417 e. The summed E-state index contributed by atoms with van der Waals surface area (Å²) in [6.07, 6.45) is -9.61. The maximum Gasteiger partial charge on any atom is 0.417 e. The number of carbonyl (C=O) groups excluding carboxylic acids is 2. The van der Waals surface area contributed by atoms with Gasteiger partial charge in [-0.3, -0.25) is 5.32 Å². The molecule has 39 heavy (non-hydrogen) atoms. The number of anilines is 2. The Morgan fingerprint density at radius 2 is 1.28 bits per heavy atom. The third-order valence-corrected chi connectivity index (χ3v) is 5.38. The van der Waals surface area contributed by atoms with Crippen molar-refractivity contribution < 1.29 is 45.4 Å². The lowest BCUT2D eigenvalue weighted by Gasteiger charge is -2.12. The Hall–Kier alpha value is -2.19. The van der Waals surface area contributed by atoms with Crippen LogP contribution in [0.15, 0.2) is 45.3 Å². The van der Waals surface area contributed by atoms with Crippen LogP contribution in [0, 0.1) is 11.8 Å². The van der Waals surface area contributed by atoms with Gasteiger partial charge >= 0.3 is 23.9 Å². The van der Waals surface area contributed by atoms with Crippen molar-refractivity contribution in [1.82, 2.24) is 0 Å². The highest BCUT2D eigenvalue weighted by Gasteiger charge is 2.34. The molecule has 6 nitrogen and oxygen atoms in total. The minimum atomic E-state index is -4.49. The van der Waals surface area contributed by atoms with Crippen LogP contribution in [0.3, 0.4) is 0 Å². The maximum absolute atomic E-state index is 12.6. The number of hydrogen-bond donors (Lipinski definition) is 2. The van der Waals surface area contributed by atoms with Crippen molar-refractivity contribution in [3.8, 4) is 0 Å². The second-order valence-electron chi connectivity index (χ2n) is 8.49. The van der Waals surface area contributed by atoms with E-state index in [1.54, 1.807) is 0 Å². The van der Waals surface area contributed by atoms with Gasteiger partial charge in [0.25, 0.3) is 0 Å². The molecule has 0 fully saturated rings. The molecule has 2 rings (SSSR count). The van der Waals surface area contributed by atoms with Gasteiger partial charge in [0.2, 0.25) is 0 Å². The van der Waals surface area contributed by atoms with Gasteiger partial charge in [0.1, 0.15) is 0 Å². The van der Waals surface area contributed by atoms with E-state index in [0.717, 1.165) is 12.1 Å². The molecule has 3 N–H and O–H groups in total. The molecule has 0 heterocycles. The Morgan fingerprint density at radius 1 is 0.846 bits per heavy atom. The molecule has 0 atom stereocenters. The Kier molecular flexibility index (Phi) is 15.9. The molecule has 2 aromatic rings. The number of halogens is 9. The summed E-state index contributed by atoms with van der Waals surface area (Å²) in [5.41, 5.74) is 3.01. The first-order chi connectivity index (χ1) is 17.7. The van der Waals surface area contributed by atoms with Crippen LogP contribution >= 0.6 is 43.5 Å². The van der Waals surface area contributed by atoms with Crippen LogP contribution < -0.4 is 11.1 Å². The molecule has 0 aromatic heterocycles. The summed E-state index contributed by atoms with van der Waals surface area (Å²) in [6, 6.07) is 7.00. The molecule has 0 aliphatic heterocycles. The van der Waals surface area contributed by atoms with Crippen LogP contribution in [0.4, 0.5) is 47.3 Å². The van der Waals surface area contributed by atoms with Crippen LogP contribution in [0.1, 0.15) is 38.8 Å². The first-order valence-corrected chi connectivity index (χ1v) is 12.9. The molecular weight excluding hydrogens is 690 g/mol. The van der Waals surface area contributed by atoms with Crippen molar-refractivity contribution in [2.45, 2.75) is 40.0 Å². The van der Waals surface area contributed by atoms with Crippen LogP contribution in [-0.2, 0) is 21.8 Å². The number of amides is 1. The van der Waals surface area contributed by atoms with Crippen molar-refractivity contribution >= 4 is 66.4 Å². The summed E-state index contributed by atoms with van der Waals surface area (Å²) in [6.45, 7) is 8.21. The minimum Gasteiger partial charge on any atom is -0.453 e. The van der Waals surface area contributed by atoms with Crippen molar-refractivity contribution in [3.63, 3.8) is 0 Å². The van der Waals surface area contributed by atoms with Gasteiger partial charge in [-0.05, 0) is 48.2 Å². The summed E-state index contributed by atoms with van der Waals surface area (Å²) in [5, 5.41) is 2.26. The van der Waals surface area contributed by atoms with Crippen LogP contribution in [0.25, 0.3) is 0 Å². The highest BCUT2D eigenvalue weighted by Crippen LogP contribution is 2.37. The van der Waals surface area contributed by atoms with E-state index in [4.69, 9.17) is 22.1 Å². The van der Waals surface area contributed by atoms with E-state index in [1.165, 1.54) is 24.3 Å². The monoisotopic (exact) mass is 714 g/mol. The predicted octanol–water partition coefficient (Wildman–Crippen LogP) is 9.74. The van der Waals surface area contributed by atoms with E-state index < -0.39 is 35.0 Å². The van der Waals surface area contributed by atoms with Crippen molar-refractivity contribution in [3.05, 3.63) is 56.5 Å². The van der Waals surface area contributed by atoms with Gasteiger partial charge in [0, 0.05) is 31.9 Å². The summed E-state index contributed by atoms with van der Waals surface area (Å²) in [4.78, 5) is 21.2. The number of ether oxygens (including phenoxy) is 2. The van der Waals surface area contributed by atoms with Gasteiger partial charge < -0.3 is 15.2 Å². The number of nitrogens with two attached hydrogens (primary N) is 1. The molecule has 2 aromatic carbocycles. The highest BCUT2D eigenvalue weighted by atomic mass is 79.9. The topological polar surface area (TPSA) is 90.6 Å². The lowest BCUT2D eigenvalue weighted by molar-refractivity contribution is -0.139. The van der Waals surface area contributed by atoms with E-state index in [9.17, 15) is 35.9 Å². The number of nitrogen functional groups attached to an aromatic ring is 1. The van der Waals surface area contributed by atoms with Gasteiger partial charge in [0.15, 0.2) is 0 Å². The maximum atomic E-state index is 12.6. The molecule has 0 saturated carbocycles. The zero-order valence-electron chi connectivity index (χ0n) is 21.1. The third kappa shape index (κ3) is 16.5. The molecule has 0 bridgehead atoms. The average molecular weight is 717 g/mol. The lowest BCUT2D eigenvalue weighted by Crippen LogP contribution is -2.17. The van der Waals surface area contributed by atoms with Gasteiger partial charge in [0.05, 0.1) is 24.3 Å². The molecule has 0 spiro atoms. The highest BCUT2D eigenvalue weighted by molar-refractivity contribution is 9.10. The zero-order valence-corrected chi connectivity index (χ0v) is 25.1. The average Bonchev–Trinajstić information content (AvgIpc) is 2.78. The van der Waals surface area contributed by atoms with Crippen LogP contribution in [0.5, 0.6) is 0 Å². The summed E-state index contributed by atoms with van der Waals surface area (Å²) < 4.78 is 83.5. The van der Waals surface area contributed by atoms with Crippen LogP contribution in [0.2, 0.25) is 0 Å². The summed E-state index contributed by atoms with van der Waals surface area (Å²) >= 11 is 10.5. The standard InChI is InChI=1S/C12H13BrF3NO2.C7H5BrF3N.C5H9ClO2/c1-7(2)6-19-11(18)17-8-3-4-10(13)9(5-8)12(14,15)16;8-6-2-1-4(12)3-5(6)7(9,10)11;1-4(2)3-8-5(6)7/h3-5,7H,6H2,1-2H3,(H,17,18);1-3H,12H2;4H,3H2,1-2H3. The number of hydrogen-bond acceptors (Lipinski definition) is 5. The fourth-order valence-corrected chi connectivity index (χ4v) is 3.21. The largest absolute Gasteiger partial charge is 0.453 e. The van der Waals surface area contributed by atoms with Gasteiger partial charge in [-0.1, -0.05) is 59.6 Å².